The van der Waals surface area contributed by atoms with Gasteiger partial charge in [-0.25, -0.2) is 4.98 Å². The Morgan fingerprint density at radius 2 is 1.93 bits per heavy atom. The normalized spacial score (nSPS) is 15.9. The van der Waals surface area contributed by atoms with Gasteiger partial charge in [-0.1, -0.05) is 52.0 Å². The average Bonchev–Trinajstić information content (AvgIpc) is 2.60. The molecule has 0 saturated carbocycles. The van der Waals surface area contributed by atoms with Crippen LogP contribution in [0.3, 0.4) is 0 Å². The monoisotopic (exact) mass is 367 g/mol. The Labute approximate surface area is 163 Å². The molecule has 0 bridgehead atoms. The van der Waals surface area contributed by atoms with Crippen LogP contribution in [0.5, 0.6) is 0 Å². The predicted molar refractivity (Wildman–Crippen MR) is 114 cm³/mol. The molecule has 5 heteroatoms. The van der Waals surface area contributed by atoms with Crippen molar-refractivity contribution >= 4 is 11.8 Å². The highest BCUT2D eigenvalue weighted by atomic mass is 15.2. The third kappa shape index (κ3) is 4.59. The van der Waals surface area contributed by atoms with Gasteiger partial charge in [0.25, 0.3) is 0 Å². The first-order chi connectivity index (χ1) is 12.8. The van der Waals surface area contributed by atoms with Crippen LogP contribution in [-0.2, 0) is 12.0 Å². The number of hydrogen-bond acceptors (Lipinski definition) is 5. The van der Waals surface area contributed by atoms with Gasteiger partial charge >= 0.3 is 0 Å². The minimum Gasteiger partial charge on any atom is -0.353 e. The van der Waals surface area contributed by atoms with Crippen LogP contribution in [-0.4, -0.2) is 48.6 Å². The molecule has 5 nitrogen and oxygen atoms in total. The van der Waals surface area contributed by atoms with Crippen LogP contribution in [0.25, 0.3) is 0 Å². The maximum Gasteiger partial charge on any atom is 0.224 e. The van der Waals surface area contributed by atoms with Crippen molar-refractivity contribution in [2.75, 3.05) is 43.9 Å². The van der Waals surface area contributed by atoms with Crippen molar-refractivity contribution in [2.24, 2.45) is 0 Å². The Balaban J connectivity index is 1.90. The van der Waals surface area contributed by atoms with Crippen LogP contribution in [0.15, 0.2) is 30.3 Å². The molecule has 0 spiro atoms. The van der Waals surface area contributed by atoms with Crippen molar-refractivity contribution in [1.82, 2.24) is 14.9 Å². The van der Waals surface area contributed by atoms with Crippen molar-refractivity contribution in [3.05, 3.63) is 47.2 Å². The number of nitrogens with one attached hydrogen (secondary N) is 1. The summed E-state index contributed by atoms with van der Waals surface area (Å²) in [7, 11) is 4.15. The molecule has 1 aromatic carbocycles. The van der Waals surface area contributed by atoms with E-state index in [2.05, 4.69) is 87.2 Å². The summed E-state index contributed by atoms with van der Waals surface area (Å²) < 4.78 is 0. The zero-order valence-electron chi connectivity index (χ0n) is 17.6. The second-order valence-corrected chi connectivity index (χ2v) is 8.76. The molecule has 3 rings (SSSR count). The Morgan fingerprint density at radius 3 is 2.63 bits per heavy atom. The van der Waals surface area contributed by atoms with Crippen LogP contribution in [0.2, 0.25) is 0 Å². The van der Waals surface area contributed by atoms with E-state index in [1.807, 2.05) is 0 Å². The van der Waals surface area contributed by atoms with E-state index in [0.717, 1.165) is 43.6 Å². The minimum atomic E-state index is 0.0936. The molecule has 1 N–H and O–H groups in total. The minimum absolute atomic E-state index is 0.0936. The third-order valence-electron chi connectivity index (χ3n) is 5.18. The molecule has 146 valence electrons. The fourth-order valence-electron chi connectivity index (χ4n) is 3.69. The Morgan fingerprint density at radius 1 is 1.19 bits per heavy atom. The summed E-state index contributed by atoms with van der Waals surface area (Å²) in [4.78, 5) is 14.2. The molecule has 0 saturated heterocycles. The summed E-state index contributed by atoms with van der Waals surface area (Å²) in [6.07, 6.45) is 0. The number of nitrogens with zero attached hydrogens (tertiary/aromatic N) is 4. The van der Waals surface area contributed by atoms with Crippen LogP contribution >= 0.6 is 0 Å². The van der Waals surface area contributed by atoms with Crippen molar-refractivity contribution in [3.63, 3.8) is 0 Å². The van der Waals surface area contributed by atoms with Crippen LogP contribution < -0.4 is 10.2 Å². The molecule has 2 heterocycles. The summed E-state index contributed by atoms with van der Waals surface area (Å²) in [5.41, 5.74) is 4.02. The number of fused-ring (bicyclic) bond motifs is 1. The summed E-state index contributed by atoms with van der Waals surface area (Å²) in [5, 5.41) is 3.40. The van der Waals surface area contributed by atoms with Crippen LogP contribution in [0.1, 0.15) is 50.4 Å². The van der Waals surface area contributed by atoms with Crippen LogP contribution in [0, 0.1) is 0 Å². The van der Waals surface area contributed by atoms with E-state index >= 15 is 0 Å². The standard InChI is InChI=1S/C22H33N5/c1-16(2)19-13-20(25-21(24-19)23-11-12-26(5)6)27-14-17-9-7-8-10-18(17)22(3,4)15-27/h7-10,13,16H,11-12,14-15H2,1-6H3,(H,23,24,25). The maximum absolute atomic E-state index is 4.86. The summed E-state index contributed by atoms with van der Waals surface area (Å²) in [5.74, 6) is 2.12. The lowest BCUT2D eigenvalue weighted by Gasteiger charge is -2.40. The van der Waals surface area contributed by atoms with E-state index in [1.54, 1.807) is 0 Å². The molecule has 0 atom stereocenters. The van der Waals surface area contributed by atoms with Crippen molar-refractivity contribution in [3.8, 4) is 0 Å². The van der Waals surface area contributed by atoms with E-state index in [-0.39, 0.29) is 5.41 Å². The van der Waals surface area contributed by atoms with Gasteiger partial charge in [-0.3, -0.25) is 0 Å². The lowest BCUT2D eigenvalue weighted by atomic mass is 9.78. The summed E-state index contributed by atoms with van der Waals surface area (Å²) in [6.45, 7) is 12.6. The van der Waals surface area contributed by atoms with Gasteiger partial charge in [0.15, 0.2) is 0 Å². The highest BCUT2D eigenvalue weighted by Gasteiger charge is 2.32. The summed E-state index contributed by atoms with van der Waals surface area (Å²) in [6, 6.07) is 10.9. The Hall–Kier alpha value is -2.14. The zero-order chi connectivity index (χ0) is 19.6. The Kier molecular flexibility index (Phi) is 5.70. The molecule has 1 aliphatic rings. The van der Waals surface area contributed by atoms with Gasteiger partial charge in [0.05, 0.1) is 5.69 Å². The lowest BCUT2D eigenvalue weighted by Crippen LogP contribution is -2.42. The van der Waals surface area contributed by atoms with E-state index in [1.165, 1.54) is 11.1 Å². The second-order valence-electron chi connectivity index (χ2n) is 8.76. The lowest BCUT2D eigenvalue weighted by molar-refractivity contribution is 0.425. The largest absolute Gasteiger partial charge is 0.353 e. The molecule has 27 heavy (non-hydrogen) atoms. The van der Waals surface area contributed by atoms with Gasteiger partial charge in [0.1, 0.15) is 5.82 Å². The second kappa shape index (κ2) is 7.85. The first-order valence-electron chi connectivity index (χ1n) is 9.87. The quantitative estimate of drug-likeness (QED) is 0.840. The zero-order valence-corrected chi connectivity index (χ0v) is 17.6. The third-order valence-corrected chi connectivity index (χ3v) is 5.18. The molecular weight excluding hydrogens is 334 g/mol. The van der Waals surface area contributed by atoms with Gasteiger partial charge in [-0.05, 0) is 31.1 Å². The molecule has 1 aliphatic heterocycles. The molecule has 2 aromatic rings. The van der Waals surface area contributed by atoms with E-state index in [4.69, 9.17) is 9.97 Å². The van der Waals surface area contributed by atoms with Gasteiger partial charge in [-0.15, -0.1) is 0 Å². The number of benzene rings is 1. The molecular formula is C22H33N5. The smallest absolute Gasteiger partial charge is 0.224 e. The van der Waals surface area contributed by atoms with Crippen molar-refractivity contribution in [2.45, 2.75) is 45.6 Å². The maximum atomic E-state index is 4.86. The topological polar surface area (TPSA) is 44.3 Å². The molecule has 0 aliphatic carbocycles. The van der Waals surface area contributed by atoms with Crippen molar-refractivity contribution in [1.29, 1.82) is 0 Å². The first kappa shape index (κ1) is 19.6. The summed E-state index contributed by atoms with van der Waals surface area (Å²) >= 11 is 0. The highest BCUT2D eigenvalue weighted by Crippen LogP contribution is 2.35. The number of hydrogen-bond donors (Lipinski definition) is 1. The van der Waals surface area contributed by atoms with Gasteiger partial charge in [-0.2, -0.15) is 4.98 Å². The predicted octanol–water partition coefficient (Wildman–Crippen LogP) is 3.87. The van der Waals surface area contributed by atoms with Gasteiger partial charge < -0.3 is 15.1 Å². The fraction of sp³-hybridized carbons (Fsp3) is 0.545. The molecule has 1 aromatic heterocycles. The van der Waals surface area contributed by atoms with E-state index in [0.29, 0.717) is 5.92 Å². The van der Waals surface area contributed by atoms with E-state index in [9.17, 15) is 0 Å². The molecule has 0 fully saturated rings. The van der Waals surface area contributed by atoms with Crippen LogP contribution in [0.4, 0.5) is 11.8 Å². The number of likely N-dealkylation sites (N-methyl/N-ethyl adjacent to an activating group) is 1. The van der Waals surface area contributed by atoms with Gasteiger partial charge in [0.2, 0.25) is 5.95 Å². The average molecular weight is 368 g/mol. The molecule has 0 radical (unpaired) electrons. The van der Waals surface area contributed by atoms with Crippen molar-refractivity contribution < 1.29 is 0 Å². The highest BCUT2D eigenvalue weighted by molar-refractivity contribution is 5.51. The molecule has 0 amide bonds. The fourth-order valence-corrected chi connectivity index (χ4v) is 3.69. The number of rotatable bonds is 6. The number of anilines is 2. The molecule has 0 unspecified atom stereocenters. The number of aromatic nitrogens is 2. The SMILES string of the molecule is CC(C)c1cc(N2Cc3ccccc3C(C)(C)C2)nc(NCCN(C)C)n1. The van der Waals surface area contributed by atoms with E-state index < -0.39 is 0 Å². The Bertz CT molecular complexity index is 782. The van der Waals surface area contributed by atoms with Gasteiger partial charge in [0, 0.05) is 37.7 Å². The first-order valence-corrected chi connectivity index (χ1v) is 9.87.